The third-order valence-corrected chi connectivity index (χ3v) is 4.07. The van der Waals surface area contributed by atoms with Gasteiger partial charge in [-0.2, -0.15) is 13.2 Å². The van der Waals surface area contributed by atoms with Gasteiger partial charge in [-0.25, -0.2) is 0 Å². The number of guanidine groups is 1. The van der Waals surface area contributed by atoms with Gasteiger partial charge >= 0.3 is 6.18 Å². The quantitative estimate of drug-likeness (QED) is 0.670. The van der Waals surface area contributed by atoms with Crippen molar-refractivity contribution in [3.05, 3.63) is 35.4 Å². The molecule has 1 saturated heterocycles. The standard InChI is InChI=1S/C16H20F3N3O/c1-20-15(21-13-5-6-13)22-7-8-23-14(10-22)11-3-2-4-12(9-11)16(17,18)19/h2-4,9,13-14H,5-8,10H2,1H3,(H,20,21). The second-order valence-corrected chi connectivity index (χ2v) is 5.89. The molecule has 1 aromatic carbocycles. The highest BCUT2D eigenvalue weighted by Gasteiger charge is 2.32. The van der Waals surface area contributed by atoms with Crippen molar-refractivity contribution in [2.75, 3.05) is 26.7 Å². The van der Waals surface area contributed by atoms with Gasteiger partial charge in [-0.3, -0.25) is 4.99 Å². The van der Waals surface area contributed by atoms with E-state index in [1.807, 2.05) is 4.90 Å². The largest absolute Gasteiger partial charge is 0.416 e. The van der Waals surface area contributed by atoms with E-state index >= 15 is 0 Å². The lowest BCUT2D eigenvalue weighted by molar-refractivity contribution is -0.137. The van der Waals surface area contributed by atoms with Gasteiger partial charge in [-0.15, -0.1) is 0 Å². The van der Waals surface area contributed by atoms with Crippen molar-refractivity contribution in [3.63, 3.8) is 0 Å². The van der Waals surface area contributed by atoms with Crippen LogP contribution in [-0.2, 0) is 10.9 Å². The van der Waals surface area contributed by atoms with Gasteiger partial charge in [0.1, 0.15) is 6.10 Å². The molecular weight excluding hydrogens is 307 g/mol. The van der Waals surface area contributed by atoms with Crippen LogP contribution in [0.15, 0.2) is 29.3 Å². The molecule has 3 rings (SSSR count). The lowest BCUT2D eigenvalue weighted by atomic mass is 10.0. The molecule has 0 radical (unpaired) electrons. The number of nitrogens with one attached hydrogen (secondary N) is 1. The van der Waals surface area contributed by atoms with Crippen molar-refractivity contribution in [1.29, 1.82) is 0 Å². The van der Waals surface area contributed by atoms with Gasteiger partial charge < -0.3 is 15.0 Å². The topological polar surface area (TPSA) is 36.9 Å². The van der Waals surface area contributed by atoms with Gasteiger partial charge in [0.05, 0.1) is 18.7 Å². The van der Waals surface area contributed by atoms with Crippen molar-refractivity contribution in [3.8, 4) is 0 Å². The summed E-state index contributed by atoms with van der Waals surface area (Å²) in [6.45, 7) is 1.64. The fourth-order valence-corrected chi connectivity index (χ4v) is 2.67. The van der Waals surface area contributed by atoms with Gasteiger partial charge in [0.15, 0.2) is 5.96 Å². The molecule has 0 amide bonds. The first-order valence-corrected chi connectivity index (χ1v) is 7.74. The molecule has 2 fully saturated rings. The Bertz CT molecular complexity index is 584. The molecule has 1 unspecified atom stereocenters. The number of benzene rings is 1. The molecular formula is C16H20F3N3O. The highest BCUT2D eigenvalue weighted by atomic mass is 19.4. The van der Waals surface area contributed by atoms with E-state index in [1.54, 1.807) is 13.1 Å². The molecule has 126 valence electrons. The third-order valence-electron chi connectivity index (χ3n) is 4.07. The summed E-state index contributed by atoms with van der Waals surface area (Å²) < 4.78 is 44.3. The van der Waals surface area contributed by atoms with E-state index in [2.05, 4.69) is 10.3 Å². The number of rotatable bonds is 2. The molecule has 1 N–H and O–H groups in total. The van der Waals surface area contributed by atoms with Gasteiger partial charge in [0, 0.05) is 19.6 Å². The van der Waals surface area contributed by atoms with Crippen molar-refractivity contribution >= 4 is 5.96 Å². The highest BCUT2D eigenvalue weighted by Crippen LogP contribution is 2.32. The van der Waals surface area contributed by atoms with Gasteiger partial charge in [-0.1, -0.05) is 12.1 Å². The van der Waals surface area contributed by atoms with Crippen LogP contribution >= 0.6 is 0 Å². The molecule has 2 aliphatic rings. The number of hydrogen-bond acceptors (Lipinski definition) is 2. The van der Waals surface area contributed by atoms with Crippen LogP contribution in [0.4, 0.5) is 13.2 Å². The van der Waals surface area contributed by atoms with Gasteiger partial charge in [-0.05, 0) is 30.5 Å². The van der Waals surface area contributed by atoms with Crippen LogP contribution in [0.25, 0.3) is 0 Å². The number of hydrogen-bond donors (Lipinski definition) is 1. The molecule has 7 heteroatoms. The lowest BCUT2D eigenvalue weighted by Gasteiger charge is -2.35. The molecule has 1 aliphatic heterocycles. The van der Waals surface area contributed by atoms with E-state index in [0.717, 1.165) is 24.9 Å². The van der Waals surface area contributed by atoms with Gasteiger partial charge in [0.2, 0.25) is 0 Å². The van der Waals surface area contributed by atoms with Crippen molar-refractivity contribution < 1.29 is 17.9 Å². The van der Waals surface area contributed by atoms with Crippen LogP contribution in [0.1, 0.15) is 30.1 Å². The zero-order chi connectivity index (χ0) is 16.4. The maximum Gasteiger partial charge on any atom is 0.416 e. The SMILES string of the molecule is CN=C(NC1CC1)N1CCOC(c2cccc(C(F)(F)F)c2)C1. The first kappa shape index (κ1) is 16.1. The van der Waals surface area contributed by atoms with E-state index in [0.29, 0.717) is 31.3 Å². The summed E-state index contributed by atoms with van der Waals surface area (Å²) in [5.41, 5.74) is -0.0948. The molecule has 23 heavy (non-hydrogen) atoms. The van der Waals surface area contributed by atoms with Crippen molar-refractivity contribution in [2.45, 2.75) is 31.2 Å². The Labute approximate surface area is 133 Å². The zero-order valence-electron chi connectivity index (χ0n) is 12.9. The Morgan fingerprint density at radius 3 is 2.78 bits per heavy atom. The first-order valence-electron chi connectivity index (χ1n) is 7.74. The summed E-state index contributed by atoms with van der Waals surface area (Å²) in [6, 6.07) is 5.84. The monoisotopic (exact) mass is 327 g/mol. The third kappa shape index (κ3) is 3.96. The lowest BCUT2D eigenvalue weighted by Crippen LogP contribution is -2.48. The molecule has 0 bridgehead atoms. The zero-order valence-corrected chi connectivity index (χ0v) is 12.9. The summed E-state index contributed by atoms with van der Waals surface area (Å²) >= 11 is 0. The number of aliphatic imine (C=N–C) groups is 1. The average molecular weight is 327 g/mol. The minimum Gasteiger partial charge on any atom is -0.370 e. The molecule has 1 atom stereocenters. The molecule has 1 aliphatic carbocycles. The molecule has 0 aromatic heterocycles. The highest BCUT2D eigenvalue weighted by molar-refractivity contribution is 5.80. The number of nitrogens with zero attached hydrogens (tertiary/aromatic N) is 2. The van der Waals surface area contributed by atoms with E-state index in [-0.39, 0.29) is 6.10 Å². The Balaban J connectivity index is 1.73. The number of morpholine rings is 1. The van der Waals surface area contributed by atoms with E-state index < -0.39 is 11.7 Å². The smallest absolute Gasteiger partial charge is 0.370 e. The Morgan fingerprint density at radius 2 is 2.13 bits per heavy atom. The fraction of sp³-hybridized carbons (Fsp3) is 0.562. The first-order chi connectivity index (χ1) is 11.0. The maximum atomic E-state index is 12.9. The van der Waals surface area contributed by atoms with Crippen LogP contribution in [0.3, 0.4) is 0 Å². The van der Waals surface area contributed by atoms with E-state index in [4.69, 9.17) is 4.74 Å². The number of halogens is 3. The fourth-order valence-electron chi connectivity index (χ4n) is 2.67. The van der Waals surface area contributed by atoms with E-state index in [1.165, 1.54) is 12.1 Å². The summed E-state index contributed by atoms with van der Waals surface area (Å²) in [4.78, 5) is 6.32. The minimum absolute atomic E-state index is 0.385. The summed E-state index contributed by atoms with van der Waals surface area (Å²) in [5.74, 6) is 0.799. The summed E-state index contributed by atoms with van der Waals surface area (Å²) in [7, 11) is 1.72. The van der Waals surface area contributed by atoms with Crippen LogP contribution < -0.4 is 5.32 Å². The Kier molecular flexibility index (Phi) is 4.48. The average Bonchev–Trinajstić information content (AvgIpc) is 3.36. The normalized spacial score (nSPS) is 23.0. The minimum atomic E-state index is -4.34. The van der Waals surface area contributed by atoms with Crippen LogP contribution in [0.2, 0.25) is 0 Å². The number of alkyl halides is 3. The Morgan fingerprint density at radius 1 is 1.35 bits per heavy atom. The van der Waals surface area contributed by atoms with E-state index in [9.17, 15) is 13.2 Å². The molecule has 1 heterocycles. The molecule has 1 aromatic rings. The van der Waals surface area contributed by atoms with Crippen LogP contribution in [-0.4, -0.2) is 43.6 Å². The Hall–Kier alpha value is -1.76. The molecule has 4 nitrogen and oxygen atoms in total. The maximum absolute atomic E-state index is 12.9. The summed E-state index contributed by atoms with van der Waals surface area (Å²) in [5, 5.41) is 3.36. The van der Waals surface area contributed by atoms with Crippen molar-refractivity contribution in [1.82, 2.24) is 10.2 Å². The molecule has 1 saturated carbocycles. The number of ether oxygens (including phenoxy) is 1. The predicted octanol–water partition coefficient (Wildman–Crippen LogP) is 2.82. The molecule has 0 spiro atoms. The van der Waals surface area contributed by atoms with Crippen molar-refractivity contribution in [2.24, 2.45) is 4.99 Å². The summed E-state index contributed by atoms with van der Waals surface area (Å²) in [6.07, 6.45) is -2.45. The van der Waals surface area contributed by atoms with Crippen LogP contribution in [0.5, 0.6) is 0 Å². The second-order valence-electron chi connectivity index (χ2n) is 5.89. The van der Waals surface area contributed by atoms with Crippen LogP contribution in [0, 0.1) is 0 Å². The predicted molar refractivity (Wildman–Crippen MR) is 81.2 cm³/mol. The van der Waals surface area contributed by atoms with Gasteiger partial charge in [0.25, 0.3) is 0 Å². The second kappa shape index (κ2) is 6.39.